The van der Waals surface area contributed by atoms with Crippen LogP contribution in [0.15, 0.2) is 58.0 Å². The van der Waals surface area contributed by atoms with E-state index in [1.54, 1.807) is 6.21 Å². The highest BCUT2D eigenvalue weighted by Crippen LogP contribution is 2.23. The van der Waals surface area contributed by atoms with Crippen molar-refractivity contribution in [1.82, 2.24) is 4.57 Å². The summed E-state index contributed by atoms with van der Waals surface area (Å²) >= 11 is 3.43. The van der Waals surface area contributed by atoms with Crippen LogP contribution in [0.25, 0.3) is 5.69 Å². The Kier molecular flexibility index (Phi) is 4.62. The molecule has 0 saturated carbocycles. The molecule has 2 nitrogen and oxygen atoms in total. The summed E-state index contributed by atoms with van der Waals surface area (Å²) in [6.07, 6.45) is 1.61. The van der Waals surface area contributed by atoms with Crippen molar-refractivity contribution in [1.29, 1.82) is 0 Å². The van der Waals surface area contributed by atoms with Crippen molar-refractivity contribution >= 4 is 27.8 Å². The molecule has 0 atom stereocenters. The van der Waals surface area contributed by atoms with Crippen molar-refractivity contribution < 1.29 is 8.78 Å². The Hall–Kier alpha value is -2.27. The van der Waals surface area contributed by atoms with E-state index in [1.165, 1.54) is 12.1 Å². The summed E-state index contributed by atoms with van der Waals surface area (Å²) in [6.45, 7) is 3.99. The molecular weight excluding hydrogens is 374 g/mol. The summed E-state index contributed by atoms with van der Waals surface area (Å²) < 4.78 is 29.7. The topological polar surface area (TPSA) is 17.3 Å². The molecule has 0 amide bonds. The van der Waals surface area contributed by atoms with E-state index in [-0.39, 0.29) is 5.69 Å². The SMILES string of the molecule is Cc1cc(C=Nc2ccc(F)cc2F)c(C)n1-c1ccc(Br)cc1. The van der Waals surface area contributed by atoms with Gasteiger partial charge < -0.3 is 4.57 Å². The number of benzene rings is 2. The summed E-state index contributed by atoms with van der Waals surface area (Å²) in [6, 6.07) is 13.3. The number of aliphatic imine (C=N–C) groups is 1. The Labute approximate surface area is 147 Å². The lowest BCUT2D eigenvalue weighted by Crippen LogP contribution is -1.99. The van der Waals surface area contributed by atoms with Gasteiger partial charge in [-0.15, -0.1) is 0 Å². The molecule has 24 heavy (non-hydrogen) atoms. The third-order valence-corrected chi connectivity index (χ3v) is 4.34. The van der Waals surface area contributed by atoms with Crippen molar-refractivity contribution in [3.05, 3.63) is 81.6 Å². The average Bonchev–Trinajstić information content (AvgIpc) is 2.82. The molecule has 0 aliphatic heterocycles. The summed E-state index contributed by atoms with van der Waals surface area (Å²) in [5, 5.41) is 0. The largest absolute Gasteiger partial charge is 0.318 e. The normalized spacial score (nSPS) is 11.4. The lowest BCUT2D eigenvalue weighted by Gasteiger charge is -2.09. The van der Waals surface area contributed by atoms with Crippen molar-refractivity contribution in [3.8, 4) is 5.69 Å². The maximum Gasteiger partial charge on any atom is 0.151 e. The molecule has 0 aliphatic carbocycles. The molecule has 0 unspecified atom stereocenters. The lowest BCUT2D eigenvalue weighted by atomic mass is 10.2. The van der Waals surface area contributed by atoms with Gasteiger partial charge >= 0.3 is 0 Å². The van der Waals surface area contributed by atoms with E-state index < -0.39 is 11.6 Å². The molecule has 0 saturated heterocycles. The Morgan fingerprint density at radius 1 is 1.00 bits per heavy atom. The quantitative estimate of drug-likeness (QED) is 0.498. The van der Waals surface area contributed by atoms with E-state index in [0.29, 0.717) is 0 Å². The zero-order chi connectivity index (χ0) is 17.3. The molecule has 0 aliphatic rings. The minimum absolute atomic E-state index is 0.116. The molecule has 0 radical (unpaired) electrons. The van der Waals surface area contributed by atoms with Crippen molar-refractivity contribution in [2.45, 2.75) is 13.8 Å². The summed E-state index contributed by atoms with van der Waals surface area (Å²) in [7, 11) is 0. The van der Waals surface area contributed by atoms with Crippen molar-refractivity contribution in [3.63, 3.8) is 0 Å². The number of hydrogen-bond acceptors (Lipinski definition) is 1. The molecule has 0 bridgehead atoms. The summed E-state index contributed by atoms with van der Waals surface area (Å²) in [4.78, 5) is 4.15. The third kappa shape index (κ3) is 3.31. The Bertz CT molecular complexity index is 912. The standard InChI is InChI=1S/C19H15BrF2N2/c1-12-9-14(11-23-19-8-5-16(21)10-18(19)22)13(2)24(12)17-6-3-15(20)4-7-17/h3-11H,1-2H3. The molecule has 5 heteroatoms. The van der Waals surface area contributed by atoms with Crippen molar-refractivity contribution in [2.24, 2.45) is 4.99 Å². The van der Waals surface area contributed by atoms with E-state index in [4.69, 9.17) is 0 Å². The fourth-order valence-corrected chi connectivity index (χ4v) is 2.90. The number of hydrogen-bond donors (Lipinski definition) is 0. The first-order chi connectivity index (χ1) is 11.5. The van der Waals surface area contributed by atoms with E-state index >= 15 is 0 Å². The van der Waals surface area contributed by atoms with Gasteiger partial charge in [-0.1, -0.05) is 15.9 Å². The minimum Gasteiger partial charge on any atom is -0.318 e. The van der Waals surface area contributed by atoms with Gasteiger partial charge in [-0.25, -0.2) is 8.78 Å². The van der Waals surface area contributed by atoms with Gasteiger partial charge in [0.05, 0.1) is 5.69 Å². The zero-order valence-corrected chi connectivity index (χ0v) is 14.8. The summed E-state index contributed by atoms with van der Waals surface area (Å²) in [5.74, 6) is -1.28. The van der Waals surface area contributed by atoms with Crippen LogP contribution in [0.3, 0.4) is 0 Å². The Balaban J connectivity index is 1.97. The number of nitrogens with zero attached hydrogens (tertiary/aromatic N) is 2. The van der Waals surface area contributed by atoms with Crippen molar-refractivity contribution in [2.75, 3.05) is 0 Å². The molecule has 3 rings (SSSR count). The van der Waals surface area contributed by atoms with Crippen LogP contribution in [0.4, 0.5) is 14.5 Å². The lowest BCUT2D eigenvalue weighted by molar-refractivity contribution is 0.585. The molecule has 2 aromatic carbocycles. The van der Waals surface area contributed by atoms with Crippen LogP contribution in [-0.2, 0) is 0 Å². The second kappa shape index (κ2) is 6.69. The first-order valence-corrected chi connectivity index (χ1v) is 8.19. The predicted octanol–water partition coefficient (Wildman–Crippen LogP) is 5.89. The van der Waals surface area contributed by atoms with Gasteiger partial charge in [0, 0.05) is 39.4 Å². The van der Waals surface area contributed by atoms with E-state index in [2.05, 4.69) is 25.5 Å². The van der Waals surface area contributed by atoms with Crippen LogP contribution in [0.1, 0.15) is 17.0 Å². The number of aryl methyl sites for hydroxylation is 1. The van der Waals surface area contributed by atoms with Crippen LogP contribution < -0.4 is 0 Å². The van der Waals surface area contributed by atoms with Gasteiger partial charge in [0.15, 0.2) is 5.82 Å². The van der Waals surface area contributed by atoms with Gasteiger partial charge in [0.1, 0.15) is 5.82 Å². The molecular formula is C19H15BrF2N2. The number of rotatable bonds is 3. The molecule has 0 fully saturated rings. The van der Waals surface area contributed by atoms with E-state index in [1.807, 2.05) is 44.2 Å². The highest BCUT2D eigenvalue weighted by Gasteiger charge is 2.10. The molecule has 0 spiro atoms. The van der Waals surface area contributed by atoms with Gasteiger partial charge in [0.2, 0.25) is 0 Å². The highest BCUT2D eigenvalue weighted by molar-refractivity contribution is 9.10. The van der Waals surface area contributed by atoms with Crippen LogP contribution in [0.5, 0.6) is 0 Å². The zero-order valence-electron chi connectivity index (χ0n) is 13.2. The Morgan fingerprint density at radius 3 is 2.38 bits per heavy atom. The van der Waals surface area contributed by atoms with Crippen LogP contribution in [0.2, 0.25) is 0 Å². The van der Waals surface area contributed by atoms with Crippen LogP contribution in [0, 0.1) is 25.5 Å². The molecule has 3 aromatic rings. The first-order valence-electron chi connectivity index (χ1n) is 7.39. The van der Waals surface area contributed by atoms with Gasteiger partial charge in [-0.2, -0.15) is 0 Å². The minimum atomic E-state index is -0.673. The monoisotopic (exact) mass is 388 g/mol. The fourth-order valence-electron chi connectivity index (χ4n) is 2.63. The average molecular weight is 389 g/mol. The van der Waals surface area contributed by atoms with Gasteiger partial charge in [0.25, 0.3) is 0 Å². The second-order valence-corrected chi connectivity index (χ2v) is 6.41. The molecule has 1 aromatic heterocycles. The van der Waals surface area contributed by atoms with Crippen LogP contribution in [-0.4, -0.2) is 10.8 Å². The number of halogens is 3. The van der Waals surface area contributed by atoms with Gasteiger partial charge in [-0.05, 0) is 56.3 Å². The fraction of sp³-hybridized carbons (Fsp3) is 0.105. The smallest absolute Gasteiger partial charge is 0.151 e. The summed E-state index contributed by atoms with van der Waals surface area (Å²) in [5.41, 5.74) is 4.10. The van der Waals surface area contributed by atoms with E-state index in [0.717, 1.165) is 33.2 Å². The van der Waals surface area contributed by atoms with Gasteiger partial charge in [-0.3, -0.25) is 4.99 Å². The van der Waals surface area contributed by atoms with E-state index in [9.17, 15) is 8.78 Å². The highest BCUT2D eigenvalue weighted by atomic mass is 79.9. The Morgan fingerprint density at radius 2 is 1.71 bits per heavy atom. The van der Waals surface area contributed by atoms with Crippen LogP contribution >= 0.6 is 15.9 Å². The predicted molar refractivity (Wildman–Crippen MR) is 96.6 cm³/mol. The molecule has 1 heterocycles. The maximum absolute atomic E-state index is 13.7. The maximum atomic E-state index is 13.7. The number of aromatic nitrogens is 1. The molecule has 122 valence electrons. The first kappa shape index (κ1) is 16.6. The second-order valence-electron chi connectivity index (χ2n) is 5.49. The third-order valence-electron chi connectivity index (χ3n) is 3.81. The molecule has 0 N–H and O–H groups in total.